The van der Waals surface area contributed by atoms with Crippen LogP contribution in [0.4, 0.5) is 5.82 Å². The fourth-order valence-electron chi connectivity index (χ4n) is 3.57. The molecular formula is C26H23N5O. The van der Waals surface area contributed by atoms with Gasteiger partial charge in [-0.3, -0.25) is 4.99 Å². The first kappa shape index (κ1) is 19.9. The summed E-state index contributed by atoms with van der Waals surface area (Å²) in [4.78, 5) is 18.4. The van der Waals surface area contributed by atoms with Crippen LogP contribution in [0.1, 0.15) is 12.5 Å². The highest BCUT2D eigenvalue weighted by molar-refractivity contribution is 5.89. The van der Waals surface area contributed by atoms with E-state index in [4.69, 9.17) is 14.7 Å². The summed E-state index contributed by atoms with van der Waals surface area (Å²) in [5, 5.41) is 4.37. The summed E-state index contributed by atoms with van der Waals surface area (Å²) in [6, 6.07) is 21.8. The van der Waals surface area contributed by atoms with E-state index in [9.17, 15) is 0 Å². The van der Waals surface area contributed by atoms with Crippen molar-refractivity contribution in [3.63, 3.8) is 0 Å². The second kappa shape index (κ2) is 8.98. The molecule has 1 unspecified atom stereocenters. The van der Waals surface area contributed by atoms with E-state index in [-0.39, 0.29) is 0 Å². The van der Waals surface area contributed by atoms with Crippen LogP contribution in [0.5, 0.6) is 5.75 Å². The fourth-order valence-corrected chi connectivity index (χ4v) is 3.57. The Morgan fingerprint density at radius 2 is 1.91 bits per heavy atom. The second-order valence-electron chi connectivity index (χ2n) is 7.73. The van der Waals surface area contributed by atoms with Gasteiger partial charge in [0.1, 0.15) is 18.2 Å². The molecular weight excluding hydrogens is 398 g/mol. The summed E-state index contributed by atoms with van der Waals surface area (Å²) in [7, 11) is 0. The van der Waals surface area contributed by atoms with E-state index in [0.29, 0.717) is 24.0 Å². The first-order chi connectivity index (χ1) is 15.8. The molecule has 1 aliphatic rings. The molecule has 6 heteroatoms. The Morgan fingerprint density at radius 1 is 1.00 bits per heavy atom. The van der Waals surface area contributed by atoms with Gasteiger partial charge in [0.2, 0.25) is 0 Å². The molecule has 5 rings (SSSR count). The number of nitrogens with zero attached hydrogens (tertiary/aromatic N) is 4. The van der Waals surface area contributed by atoms with Crippen molar-refractivity contribution in [3.8, 4) is 17.1 Å². The van der Waals surface area contributed by atoms with Crippen LogP contribution >= 0.6 is 0 Å². The van der Waals surface area contributed by atoms with Crippen LogP contribution in [-0.2, 0) is 6.61 Å². The fraction of sp³-hybridized carbons (Fsp3) is 0.154. The van der Waals surface area contributed by atoms with Crippen molar-refractivity contribution in [1.29, 1.82) is 0 Å². The molecule has 1 N–H and O–H groups in total. The maximum absolute atomic E-state index is 6.00. The first-order valence-electron chi connectivity index (χ1n) is 10.6. The number of hydrogen-bond acceptors (Lipinski definition) is 6. The third-order valence-electron chi connectivity index (χ3n) is 5.34. The lowest BCUT2D eigenvalue weighted by atomic mass is 10.1. The van der Waals surface area contributed by atoms with Gasteiger partial charge in [0.05, 0.1) is 5.39 Å². The van der Waals surface area contributed by atoms with Crippen molar-refractivity contribution in [2.24, 2.45) is 10.9 Å². The van der Waals surface area contributed by atoms with Crippen molar-refractivity contribution in [3.05, 3.63) is 90.3 Å². The van der Waals surface area contributed by atoms with Crippen LogP contribution in [0.3, 0.4) is 0 Å². The van der Waals surface area contributed by atoms with E-state index in [1.165, 1.54) is 0 Å². The highest BCUT2D eigenvalue weighted by Crippen LogP contribution is 2.28. The molecule has 0 saturated carbocycles. The minimum Gasteiger partial charge on any atom is -0.489 e. The largest absolute Gasteiger partial charge is 0.489 e. The van der Waals surface area contributed by atoms with E-state index in [1.54, 1.807) is 6.20 Å². The smallest absolute Gasteiger partial charge is 0.165 e. The number of benzene rings is 2. The molecule has 0 saturated heterocycles. The molecule has 32 heavy (non-hydrogen) atoms. The maximum Gasteiger partial charge on any atom is 0.165 e. The van der Waals surface area contributed by atoms with Crippen molar-refractivity contribution in [2.75, 3.05) is 11.9 Å². The summed E-state index contributed by atoms with van der Waals surface area (Å²) in [6.07, 6.45) is 5.58. The molecule has 0 spiro atoms. The minimum atomic E-state index is 0.292. The number of anilines is 1. The average Bonchev–Trinajstić information content (AvgIpc) is 2.85. The molecule has 0 bridgehead atoms. The maximum atomic E-state index is 6.00. The average molecular weight is 422 g/mol. The number of allylic oxidation sites excluding steroid dienone is 1. The van der Waals surface area contributed by atoms with Gasteiger partial charge in [-0.1, -0.05) is 49.4 Å². The van der Waals surface area contributed by atoms with E-state index >= 15 is 0 Å². The normalized spacial score (nSPS) is 15.4. The summed E-state index contributed by atoms with van der Waals surface area (Å²) in [5.41, 5.74) is 3.72. The summed E-state index contributed by atoms with van der Waals surface area (Å²) >= 11 is 0. The number of aromatic nitrogens is 3. The van der Waals surface area contributed by atoms with Crippen LogP contribution in [0.15, 0.2) is 89.7 Å². The highest BCUT2D eigenvalue weighted by Gasteiger charge is 2.16. The van der Waals surface area contributed by atoms with E-state index < -0.39 is 0 Å². The molecule has 3 heterocycles. The SMILES string of the molecule is CC1CN=CC=C1Nc1nc(-c2cccc(OCc3ccccc3)c2)nc2ncccc12. The molecule has 1 aliphatic heterocycles. The number of ether oxygens (including phenoxy) is 1. The molecule has 0 amide bonds. The predicted molar refractivity (Wildman–Crippen MR) is 128 cm³/mol. The standard InChI is InChI=1S/C26H23N5O/c1-18-16-27-14-12-23(18)29-26-22-11-6-13-28-25(22)30-24(31-26)20-9-5-10-21(15-20)32-17-19-7-3-2-4-8-19/h2-15,18H,16-17H2,1H3,(H,28,29,30,31). The Hall–Kier alpha value is -4.06. The Balaban J connectivity index is 1.47. The number of dihydropyridines is 1. The lowest BCUT2D eigenvalue weighted by molar-refractivity contribution is 0.306. The summed E-state index contributed by atoms with van der Waals surface area (Å²) in [5.74, 6) is 2.40. The van der Waals surface area contributed by atoms with Crippen molar-refractivity contribution in [1.82, 2.24) is 15.0 Å². The third kappa shape index (κ3) is 4.34. The van der Waals surface area contributed by atoms with Crippen LogP contribution < -0.4 is 10.1 Å². The Morgan fingerprint density at radius 3 is 2.78 bits per heavy atom. The number of aliphatic imine (C=N–C) groups is 1. The molecule has 1 atom stereocenters. The van der Waals surface area contributed by atoms with Crippen molar-refractivity contribution >= 4 is 23.1 Å². The van der Waals surface area contributed by atoms with Crippen LogP contribution in [0.2, 0.25) is 0 Å². The van der Waals surface area contributed by atoms with Gasteiger partial charge in [-0.25, -0.2) is 15.0 Å². The van der Waals surface area contributed by atoms with Gasteiger partial charge >= 0.3 is 0 Å². The van der Waals surface area contributed by atoms with Crippen molar-refractivity contribution in [2.45, 2.75) is 13.5 Å². The van der Waals surface area contributed by atoms with E-state index in [1.807, 2.05) is 79.0 Å². The Bertz CT molecular complexity index is 1300. The van der Waals surface area contributed by atoms with Crippen LogP contribution in [0.25, 0.3) is 22.4 Å². The zero-order valence-electron chi connectivity index (χ0n) is 17.8. The van der Waals surface area contributed by atoms with Crippen LogP contribution in [-0.4, -0.2) is 27.7 Å². The molecule has 0 fully saturated rings. The van der Waals surface area contributed by atoms with Gasteiger partial charge in [-0.2, -0.15) is 0 Å². The second-order valence-corrected chi connectivity index (χ2v) is 7.73. The zero-order chi connectivity index (χ0) is 21.8. The van der Waals surface area contributed by atoms with Crippen LogP contribution in [0, 0.1) is 5.92 Å². The molecule has 0 aliphatic carbocycles. The number of nitrogens with one attached hydrogen (secondary N) is 1. The minimum absolute atomic E-state index is 0.292. The Kier molecular flexibility index (Phi) is 5.58. The topological polar surface area (TPSA) is 72.3 Å². The van der Waals surface area contributed by atoms with Gasteiger partial charge in [0.15, 0.2) is 11.5 Å². The predicted octanol–water partition coefficient (Wildman–Crippen LogP) is 5.29. The van der Waals surface area contributed by atoms with E-state index in [2.05, 4.69) is 22.2 Å². The monoisotopic (exact) mass is 421 g/mol. The molecule has 2 aromatic carbocycles. The Labute approximate surface area is 186 Å². The first-order valence-corrected chi connectivity index (χ1v) is 10.6. The zero-order valence-corrected chi connectivity index (χ0v) is 17.8. The molecule has 0 radical (unpaired) electrons. The third-order valence-corrected chi connectivity index (χ3v) is 5.34. The lowest BCUT2D eigenvalue weighted by Crippen LogP contribution is -2.16. The number of fused-ring (bicyclic) bond motifs is 1. The van der Waals surface area contributed by atoms with Gasteiger partial charge in [0, 0.05) is 36.1 Å². The molecule has 2 aromatic heterocycles. The quantitative estimate of drug-likeness (QED) is 0.458. The van der Waals surface area contributed by atoms with Gasteiger partial charge < -0.3 is 10.1 Å². The molecule has 6 nitrogen and oxygen atoms in total. The summed E-state index contributed by atoms with van der Waals surface area (Å²) < 4.78 is 6.00. The van der Waals surface area contributed by atoms with E-state index in [0.717, 1.165) is 40.3 Å². The lowest BCUT2D eigenvalue weighted by Gasteiger charge is -2.19. The number of pyridine rings is 1. The van der Waals surface area contributed by atoms with Crippen molar-refractivity contribution < 1.29 is 4.74 Å². The number of hydrogen-bond donors (Lipinski definition) is 1. The van der Waals surface area contributed by atoms with Gasteiger partial charge in [0.25, 0.3) is 0 Å². The van der Waals surface area contributed by atoms with Gasteiger partial charge in [-0.15, -0.1) is 0 Å². The molecule has 4 aromatic rings. The summed E-state index contributed by atoms with van der Waals surface area (Å²) in [6.45, 7) is 3.41. The number of rotatable bonds is 6. The van der Waals surface area contributed by atoms with Gasteiger partial charge in [-0.05, 0) is 35.9 Å². The molecule has 158 valence electrons. The highest BCUT2D eigenvalue weighted by atomic mass is 16.5.